The lowest BCUT2D eigenvalue weighted by molar-refractivity contribution is 0.0918. The van der Waals surface area contributed by atoms with Gasteiger partial charge in [-0.25, -0.2) is 0 Å². The van der Waals surface area contributed by atoms with Gasteiger partial charge < -0.3 is 10.2 Å². The summed E-state index contributed by atoms with van der Waals surface area (Å²) in [6, 6.07) is 7.55. The van der Waals surface area contributed by atoms with Gasteiger partial charge in [-0.2, -0.15) is 0 Å². The summed E-state index contributed by atoms with van der Waals surface area (Å²) in [6.07, 6.45) is 1.27. The van der Waals surface area contributed by atoms with Crippen LogP contribution in [0, 0.1) is 6.92 Å². The maximum absolute atomic E-state index is 3.60. The first-order chi connectivity index (χ1) is 9.78. The number of piperazine rings is 1. The SMILES string of the molecule is CCCN1CCN([C@H]2CNCc3cc(C)ccc32)CC1. The summed E-state index contributed by atoms with van der Waals surface area (Å²) in [5.41, 5.74) is 4.43. The van der Waals surface area contributed by atoms with Gasteiger partial charge in [0, 0.05) is 45.3 Å². The number of aryl methyl sites for hydroxylation is 1. The monoisotopic (exact) mass is 273 g/mol. The van der Waals surface area contributed by atoms with Crippen molar-refractivity contribution in [1.29, 1.82) is 0 Å². The van der Waals surface area contributed by atoms with Gasteiger partial charge >= 0.3 is 0 Å². The fourth-order valence-electron chi connectivity index (χ4n) is 3.61. The molecule has 0 spiro atoms. The Hall–Kier alpha value is -0.900. The Bertz CT molecular complexity index is 450. The molecule has 2 heterocycles. The number of nitrogens with one attached hydrogen (secondary N) is 1. The Balaban J connectivity index is 1.70. The van der Waals surface area contributed by atoms with Gasteiger partial charge in [0.05, 0.1) is 0 Å². The number of hydrogen-bond acceptors (Lipinski definition) is 3. The van der Waals surface area contributed by atoms with Gasteiger partial charge in [-0.1, -0.05) is 30.7 Å². The Labute approximate surface area is 123 Å². The summed E-state index contributed by atoms with van der Waals surface area (Å²) >= 11 is 0. The summed E-state index contributed by atoms with van der Waals surface area (Å²) < 4.78 is 0. The third-order valence-electron chi connectivity index (χ3n) is 4.70. The minimum atomic E-state index is 0.572. The van der Waals surface area contributed by atoms with Crippen LogP contribution in [0.5, 0.6) is 0 Å². The van der Waals surface area contributed by atoms with E-state index in [0.29, 0.717) is 6.04 Å². The normalized spacial score (nSPS) is 24.6. The van der Waals surface area contributed by atoms with Crippen LogP contribution < -0.4 is 5.32 Å². The summed E-state index contributed by atoms with van der Waals surface area (Å²) in [4.78, 5) is 5.27. The molecular weight excluding hydrogens is 246 g/mol. The van der Waals surface area contributed by atoms with Crippen molar-refractivity contribution in [2.75, 3.05) is 39.3 Å². The molecule has 1 fully saturated rings. The van der Waals surface area contributed by atoms with E-state index >= 15 is 0 Å². The third-order valence-corrected chi connectivity index (χ3v) is 4.70. The zero-order chi connectivity index (χ0) is 13.9. The molecule has 1 N–H and O–H groups in total. The number of benzene rings is 1. The molecule has 0 unspecified atom stereocenters. The van der Waals surface area contributed by atoms with Crippen LogP contribution >= 0.6 is 0 Å². The van der Waals surface area contributed by atoms with Crippen molar-refractivity contribution >= 4 is 0 Å². The second-order valence-corrected chi connectivity index (χ2v) is 6.23. The molecule has 1 saturated heterocycles. The summed E-state index contributed by atoms with van der Waals surface area (Å²) in [5.74, 6) is 0. The number of fused-ring (bicyclic) bond motifs is 1. The van der Waals surface area contributed by atoms with E-state index in [-0.39, 0.29) is 0 Å². The lowest BCUT2D eigenvalue weighted by Gasteiger charge is -2.41. The predicted molar refractivity (Wildman–Crippen MR) is 83.9 cm³/mol. The first-order valence-electron chi connectivity index (χ1n) is 8.04. The van der Waals surface area contributed by atoms with Crippen molar-refractivity contribution in [3.05, 3.63) is 34.9 Å². The molecule has 0 radical (unpaired) electrons. The highest BCUT2D eigenvalue weighted by Gasteiger charge is 2.28. The molecule has 0 aromatic heterocycles. The highest BCUT2D eigenvalue weighted by molar-refractivity contribution is 5.35. The first kappa shape index (κ1) is 14.1. The van der Waals surface area contributed by atoms with Crippen LogP contribution in [0.3, 0.4) is 0 Å². The third kappa shape index (κ3) is 2.90. The maximum Gasteiger partial charge on any atom is 0.0477 e. The predicted octanol–water partition coefficient (Wildman–Crippen LogP) is 2.17. The fraction of sp³-hybridized carbons (Fsp3) is 0.647. The summed E-state index contributed by atoms with van der Waals surface area (Å²) in [5, 5.41) is 3.60. The Morgan fingerprint density at radius 2 is 2.00 bits per heavy atom. The van der Waals surface area contributed by atoms with Crippen molar-refractivity contribution in [2.45, 2.75) is 32.9 Å². The van der Waals surface area contributed by atoms with Crippen LogP contribution in [-0.4, -0.2) is 49.1 Å². The molecule has 0 saturated carbocycles. The fourth-order valence-corrected chi connectivity index (χ4v) is 3.61. The molecule has 3 heteroatoms. The second-order valence-electron chi connectivity index (χ2n) is 6.23. The highest BCUT2D eigenvalue weighted by atomic mass is 15.3. The number of hydrogen-bond donors (Lipinski definition) is 1. The van der Waals surface area contributed by atoms with Crippen molar-refractivity contribution in [1.82, 2.24) is 15.1 Å². The maximum atomic E-state index is 3.60. The van der Waals surface area contributed by atoms with Crippen molar-refractivity contribution in [3.63, 3.8) is 0 Å². The molecular formula is C17H27N3. The average molecular weight is 273 g/mol. The van der Waals surface area contributed by atoms with Gasteiger partial charge in [0.2, 0.25) is 0 Å². The zero-order valence-electron chi connectivity index (χ0n) is 12.9. The molecule has 3 rings (SSSR count). The minimum Gasteiger partial charge on any atom is -0.311 e. The number of rotatable bonds is 3. The van der Waals surface area contributed by atoms with Gasteiger partial charge in [-0.15, -0.1) is 0 Å². The van der Waals surface area contributed by atoms with E-state index in [1.165, 1.54) is 50.3 Å². The Morgan fingerprint density at radius 3 is 2.75 bits per heavy atom. The lowest BCUT2D eigenvalue weighted by atomic mass is 9.93. The van der Waals surface area contributed by atoms with Gasteiger partial charge in [0.1, 0.15) is 0 Å². The van der Waals surface area contributed by atoms with E-state index in [9.17, 15) is 0 Å². The molecule has 1 aromatic carbocycles. The molecule has 20 heavy (non-hydrogen) atoms. The van der Waals surface area contributed by atoms with E-state index in [4.69, 9.17) is 0 Å². The molecule has 0 bridgehead atoms. The average Bonchev–Trinajstić information content (AvgIpc) is 2.47. The minimum absolute atomic E-state index is 0.572. The molecule has 3 nitrogen and oxygen atoms in total. The van der Waals surface area contributed by atoms with Crippen LogP contribution in [0.25, 0.3) is 0 Å². The molecule has 0 amide bonds. The van der Waals surface area contributed by atoms with Crippen LogP contribution in [0.15, 0.2) is 18.2 Å². The molecule has 0 aliphatic carbocycles. The second kappa shape index (κ2) is 6.25. The van der Waals surface area contributed by atoms with Gasteiger partial charge in [-0.05, 0) is 31.0 Å². The number of nitrogens with zero attached hydrogens (tertiary/aromatic N) is 2. The van der Waals surface area contributed by atoms with Crippen molar-refractivity contribution < 1.29 is 0 Å². The smallest absolute Gasteiger partial charge is 0.0477 e. The van der Waals surface area contributed by atoms with Crippen LogP contribution in [-0.2, 0) is 6.54 Å². The van der Waals surface area contributed by atoms with Crippen molar-refractivity contribution in [3.8, 4) is 0 Å². The topological polar surface area (TPSA) is 18.5 Å². The zero-order valence-corrected chi connectivity index (χ0v) is 12.9. The molecule has 1 atom stereocenters. The van der Waals surface area contributed by atoms with Crippen LogP contribution in [0.4, 0.5) is 0 Å². The lowest BCUT2D eigenvalue weighted by Crippen LogP contribution is -2.50. The van der Waals surface area contributed by atoms with Gasteiger partial charge in [0.25, 0.3) is 0 Å². The van der Waals surface area contributed by atoms with Crippen molar-refractivity contribution in [2.24, 2.45) is 0 Å². The van der Waals surface area contributed by atoms with Gasteiger partial charge in [0.15, 0.2) is 0 Å². The quantitative estimate of drug-likeness (QED) is 0.910. The molecule has 110 valence electrons. The van der Waals surface area contributed by atoms with Crippen LogP contribution in [0.1, 0.15) is 36.1 Å². The Kier molecular flexibility index (Phi) is 4.39. The van der Waals surface area contributed by atoms with E-state index in [1.54, 1.807) is 5.56 Å². The Morgan fingerprint density at radius 1 is 1.20 bits per heavy atom. The standard InChI is InChI=1S/C17H27N3/c1-3-6-19-7-9-20(10-8-19)17-13-18-12-15-11-14(2)4-5-16(15)17/h4-5,11,17-18H,3,6-10,12-13H2,1-2H3/t17-/m0/s1. The summed E-state index contributed by atoms with van der Waals surface area (Å²) in [7, 11) is 0. The van der Waals surface area contributed by atoms with E-state index < -0.39 is 0 Å². The molecule has 1 aromatic rings. The van der Waals surface area contributed by atoms with E-state index in [0.717, 1.165) is 13.1 Å². The van der Waals surface area contributed by atoms with Crippen LogP contribution in [0.2, 0.25) is 0 Å². The highest BCUT2D eigenvalue weighted by Crippen LogP contribution is 2.28. The largest absolute Gasteiger partial charge is 0.311 e. The van der Waals surface area contributed by atoms with E-state index in [2.05, 4.69) is 47.2 Å². The summed E-state index contributed by atoms with van der Waals surface area (Å²) in [6.45, 7) is 12.7. The molecule has 2 aliphatic rings. The molecule has 2 aliphatic heterocycles. The van der Waals surface area contributed by atoms with E-state index in [1.807, 2.05) is 0 Å². The first-order valence-corrected chi connectivity index (χ1v) is 8.04. The van der Waals surface area contributed by atoms with Gasteiger partial charge in [-0.3, -0.25) is 4.90 Å².